The van der Waals surface area contributed by atoms with Crippen LogP contribution in [-0.4, -0.2) is 44.4 Å². The van der Waals surface area contributed by atoms with E-state index in [1.807, 2.05) is 0 Å². The van der Waals surface area contributed by atoms with Gasteiger partial charge in [-0.05, 0) is 24.3 Å². The van der Waals surface area contributed by atoms with Crippen molar-refractivity contribution in [1.82, 2.24) is 24.3 Å². The van der Waals surface area contributed by atoms with Crippen molar-refractivity contribution in [2.45, 2.75) is 0 Å². The molecule has 0 aliphatic carbocycles. The number of imidazole rings is 1. The van der Waals surface area contributed by atoms with Crippen LogP contribution >= 0.6 is 0 Å². The topological polar surface area (TPSA) is 109 Å². The van der Waals surface area contributed by atoms with Crippen molar-refractivity contribution in [1.29, 1.82) is 5.26 Å². The van der Waals surface area contributed by atoms with Gasteiger partial charge in [0, 0.05) is 36.9 Å². The Balaban J connectivity index is 1.68. The number of carbonyl (C=O) groups is 1. The molecule has 0 unspecified atom stereocenters. The van der Waals surface area contributed by atoms with Gasteiger partial charge in [-0.3, -0.25) is 9.20 Å². The molecule has 0 atom stereocenters. The van der Waals surface area contributed by atoms with Gasteiger partial charge in [-0.15, -0.1) is 0 Å². The molecule has 0 aliphatic heterocycles. The van der Waals surface area contributed by atoms with E-state index in [0.717, 1.165) is 11.3 Å². The Bertz CT molecular complexity index is 1220. The molecule has 0 fully saturated rings. The molecule has 3 aromatic heterocycles. The molecule has 4 aromatic rings. The number of benzene rings is 1. The van der Waals surface area contributed by atoms with Gasteiger partial charge in [0.2, 0.25) is 0 Å². The number of fused-ring (bicyclic) bond motifs is 1. The lowest BCUT2D eigenvalue weighted by Crippen LogP contribution is -2.27. The van der Waals surface area contributed by atoms with Gasteiger partial charge >= 0.3 is 6.01 Å². The maximum Gasteiger partial charge on any atom is 0.316 e. The highest BCUT2D eigenvalue weighted by Gasteiger charge is 2.17. The van der Waals surface area contributed by atoms with Gasteiger partial charge in [0.15, 0.2) is 5.65 Å². The number of ether oxygens (including phenoxy) is 1. The first-order valence-corrected chi connectivity index (χ1v) is 8.58. The monoisotopic (exact) mass is 385 g/mol. The summed E-state index contributed by atoms with van der Waals surface area (Å²) in [4.78, 5) is 31.2. The quantitative estimate of drug-likeness (QED) is 0.530. The van der Waals surface area contributed by atoms with Gasteiger partial charge in [0.25, 0.3) is 5.91 Å². The van der Waals surface area contributed by atoms with Crippen LogP contribution in [0, 0.1) is 11.3 Å². The van der Waals surface area contributed by atoms with E-state index in [1.54, 1.807) is 60.5 Å². The Labute approximate surface area is 165 Å². The number of amides is 1. The molecule has 9 nitrogen and oxygen atoms in total. The van der Waals surface area contributed by atoms with E-state index in [-0.39, 0.29) is 17.6 Å². The van der Waals surface area contributed by atoms with E-state index < -0.39 is 0 Å². The van der Waals surface area contributed by atoms with Crippen LogP contribution in [0.5, 0.6) is 6.01 Å². The summed E-state index contributed by atoms with van der Waals surface area (Å²) in [5.41, 5.74) is 3.47. The van der Waals surface area contributed by atoms with Crippen LogP contribution < -0.4 is 9.64 Å². The van der Waals surface area contributed by atoms with Crippen LogP contribution in [-0.2, 0) is 0 Å². The minimum absolute atomic E-state index is 0.248. The largest absolute Gasteiger partial charge is 0.467 e. The minimum Gasteiger partial charge on any atom is -0.467 e. The molecule has 0 radical (unpaired) electrons. The average molecular weight is 385 g/mol. The summed E-state index contributed by atoms with van der Waals surface area (Å²) < 4.78 is 6.75. The fourth-order valence-corrected chi connectivity index (χ4v) is 2.82. The Kier molecular flexibility index (Phi) is 4.58. The highest BCUT2D eigenvalue weighted by atomic mass is 16.5. The van der Waals surface area contributed by atoms with Crippen molar-refractivity contribution in [3.63, 3.8) is 0 Å². The van der Waals surface area contributed by atoms with E-state index in [2.05, 4.69) is 26.0 Å². The number of nitriles is 1. The zero-order valence-electron chi connectivity index (χ0n) is 15.6. The van der Waals surface area contributed by atoms with Gasteiger partial charge in [-0.1, -0.05) is 0 Å². The maximum atomic E-state index is 12.9. The zero-order valence-corrected chi connectivity index (χ0v) is 15.6. The summed E-state index contributed by atoms with van der Waals surface area (Å²) in [5, 5.41) is 8.92. The lowest BCUT2D eigenvalue weighted by molar-refractivity contribution is 0.0988. The maximum absolute atomic E-state index is 12.9. The Hall–Kier alpha value is -4.32. The SMILES string of the molecule is COc1ncc(-c2cnc3cnc(C(=O)N(C)c4ccc(C#N)cc4)cn23)cn1. The van der Waals surface area contributed by atoms with Crippen LogP contribution in [0.25, 0.3) is 16.9 Å². The van der Waals surface area contributed by atoms with Gasteiger partial charge < -0.3 is 9.64 Å². The van der Waals surface area contributed by atoms with E-state index in [4.69, 9.17) is 10.00 Å². The van der Waals surface area contributed by atoms with Crippen molar-refractivity contribution in [3.05, 3.63) is 66.5 Å². The van der Waals surface area contributed by atoms with E-state index >= 15 is 0 Å². The van der Waals surface area contributed by atoms with Crippen LogP contribution in [0.2, 0.25) is 0 Å². The fraction of sp³-hybridized carbons (Fsp3) is 0.100. The van der Waals surface area contributed by atoms with Gasteiger partial charge in [-0.25, -0.2) is 19.9 Å². The summed E-state index contributed by atoms with van der Waals surface area (Å²) in [6.45, 7) is 0. The zero-order chi connectivity index (χ0) is 20.4. The standard InChI is InChI=1S/C20H15N7O2/c1-26(15-5-3-13(7-21)4-6-15)19(28)16-12-27-17(10-23-18(27)11-22-16)14-8-24-20(29-2)25-9-14/h3-6,8-12H,1-2H3. The molecule has 0 saturated carbocycles. The summed E-state index contributed by atoms with van der Waals surface area (Å²) in [7, 11) is 3.15. The first-order chi connectivity index (χ1) is 14.1. The van der Waals surface area contributed by atoms with Crippen molar-refractivity contribution in [3.8, 4) is 23.3 Å². The first kappa shape index (κ1) is 18.1. The third-order valence-corrected chi connectivity index (χ3v) is 4.41. The molecule has 0 spiro atoms. The second-order valence-electron chi connectivity index (χ2n) is 6.13. The third kappa shape index (κ3) is 3.35. The highest BCUT2D eigenvalue weighted by molar-refractivity contribution is 6.04. The molecule has 0 saturated heterocycles. The second-order valence-corrected chi connectivity index (χ2v) is 6.13. The van der Waals surface area contributed by atoms with Crippen LogP contribution in [0.1, 0.15) is 16.1 Å². The van der Waals surface area contributed by atoms with Gasteiger partial charge in [0.05, 0.1) is 36.8 Å². The van der Waals surface area contributed by atoms with E-state index in [9.17, 15) is 4.79 Å². The molecule has 1 aromatic carbocycles. The molecule has 4 rings (SSSR count). The predicted molar refractivity (Wildman–Crippen MR) is 104 cm³/mol. The highest BCUT2D eigenvalue weighted by Crippen LogP contribution is 2.21. The molecule has 1 amide bonds. The van der Waals surface area contributed by atoms with E-state index in [0.29, 0.717) is 16.9 Å². The second kappa shape index (κ2) is 7.36. The average Bonchev–Trinajstić information content (AvgIpc) is 3.21. The van der Waals surface area contributed by atoms with Crippen LogP contribution in [0.15, 0.2) is 55.2 Å². The smallest absolute Gasteiger partial charge is 0.316 e. The lowest BCUT2D eigenvalue weighted by atomic mass is 10.2. The first-order valence-electron chi connectivity index (χ1n) is 8.58. The van der Waals surface area contributed by atoms with E-state index in [1.165, 1.54) is 18.2 Å². The van der Waals surface area contributed by atoms with Crippen molar-refractivity contribution >= 4 is 17.2 Å². The van der Waals surface area contributed by atoms with Crippen LogP contribution in [0.4, 0.5) is 5.69 Å². The predicted octanol–water partition coefficient (Wildman–Crippen LogP) is 2.34. The Morgan fingerprint density at radius 1 is 1.07 bits per heavy atom. The number of carbonyl (C=O) groups excluding carboxylic acids is 1. The summed E-state index contributed by atoms with van der Waals surface area (Å²) >= 11 is 0. The molecule has 142 valence electrons. The lowest BCUT2D eigenvalue weighted by Gasteiger charge is -2.17. The summed E-state index contributed by atoms with van der Waals surface area (Å²) in [6.07, 6.45) is 8.08. The third-order valence-electron chi connectivity index (χ3n) is 4.41. The molecule has 0 aliphatic rings. The Morgan fingerprint density at radius 3 is 2.45 bits per heavy atom. The number of anilines is 1. The molecular formula is C20H15N7O2. The normalized spacial score (nSPS) is 10.5. The number of hydrogen-bond donors (Lipinski definition) is 0. The number of nitrogens with zero attached hydrogens (tertiary/aromatic N) is 7. The number of aromatic nitrogens is 5. The molecule has 3 heterocycles. The molecule has 0 N–H and O–H groups in total. The number of methoxy groups -OCH3 is 1. The van der Waals surface area contributed by atoms with Crippen molar-refractivity contribution in [2.24, 2.45) is 0 Å². The molecule has 9 heteroatoms. The minimum atomic E-state index is -0.290. The number of hydrogen-bond acceptors (Lipinski definition) is 7. The Morgan fingerprint density at radius 2 is 1.79 bits per heavy atom. The number of rotatable bonds is 4. The van der Waals surface area contributed by atoms with Crippen molar-refractivity contribution < 1.29 is 9.53 Å². The van der Waals surface area contributed by atoms with Crippen molar-refractivity contribution in [2.75, 3.05) is 19.1 Å². The molecular weight excluding hydrogens is 370 g/mol. The summed E-state index contributed by atoms with van der Waals surface area (Å²) in [5.74, 6) is -0.290. The fourth-order valence-electron chi connectivity index (χ4n) is 2.82. The van der Waals surface area contributed by atoms with Gasteiger partial charge in [0.1, 0.15) is 5.69 Å². The van der Waals surface area contributed by atoms with Crippen LogP contribution in [0.3, 0.4) is 0 Å². The molecule has 29 heavy (non-hydrogen) atoms. The molecule has 0 bridgehead atoms. The summed E-state index contributed by atoms with van der Waals surface area (Å²) in [6, 6.07) is 9.07. The van der Waals surface area contributed by atoms with Gasteiger partial charge in [-0.2, -0.15) is 5.26 Å².